The van der Waals surface area contributed by atoms with Gasteiger partial charge in [-0.1, -0.05) is 30.3 Å². The number of aliphatic carboxylic acids is 1. The van der Waals surface area contributed by atoms with Gasteiger partial charge in [-0.25, -0.2) is 9.59 Å². The number of carboxylic acids is 1. The summed E-state index contributed by atoms with van der Waals surface area (Å²) in [6.07, 6.45) is 0.736. The van der Waals surface area contributed by atoms with E-state index in [0.29, 0.717) is 6.54 Å². The van der Waals surface area contributed by atoms with Gasteiger partial charge in [0.15, 0.2) is 5.60 Å². The Kier molecular flexibility index (Phi) is 3.94. The number of hydrogen-bond acceptors (Lipinski definition) is 3. The van der Waals surface area contributed by atoms with Crippen LogP contribution in [-0.2, 0) is 11.2 Å². The average Bonchev–Trinajstić information content (AvgIpc) is 2.41. The van der Waals surface area contributed by atoms with E-state index in [-0.39, 0.29) is 19.1 Å². The van der Waals surface area contributed by atoms with E-state index in [1.165, 1.54) is 9.80 Å². The Balaban J connectivity index is 1.81. The molecule has 0 bridgehead atoms. The van der Waals surface area contributed by atoms with Gasteiger partial charge in [-0.05, 0) is 12.0 Å². The summed E-state index contributed by atoms with van der Waals surface area (Å²) in [5, 5.41) is 18.4. The number of rotatable bonds is 4. The minimum atomic E-state index is -1.78. The van der Waals surface area contributed by atoms with Crippen molar-refractivity contribution in [2.45, 2.75) is 12.0 Å². The summed E-state index contributed by atoms with van der Waals surface area (Å²) in [6.45, 7) is 0.235. The van der Waals surface area contributed by atoms with E-state index in [1.807, 2.05) is 30.3 Å². The highest BCUT2D eigenvalue weighted by atomic mass is 16.4. The van der Waals surface area contributed by atoms with Crippen molar-refractivity contribution in [1.29, 1.82) is 0 Å². The van der Waals surface area contributed by atoms with E-state index < -0.39 is 11.6 Å². The summed E-state index contributed by atoms with van der Waals surface area (Å²) in [4.78, 5) is 25.6. The van der Waals surface area contributed by atoms with E-state index >= 15 is 0 Å². The molecule has 0 radical (unpaired) electrons. The number of nitrogens with zero attached hydrogens (tertiary/aromatic N) is 2. The van der Waals surface area contributed by atoms with Gasteiger partial charge in [-0.3, -0.25) is 0 Å². The smallest absolute Gasteiger partial charge is 0.339 e. The summed E-state index contributed by atoms with van der Waals surface area (Å²) in [5.74, 6) is -1.28. The maximum absolute atomic E-state index is 12.0. The number of carbonyl (C=O) groups excluding carboxylic acids is 1. The van der Waals surface area contributed by atoms with E-state index in [4.69, 9.17) is 5.11 Å². The summed E-state index contributed by atoms with van der Waals surface area (Å²) >= 11 is 0. The highest BCUT2D eigenvalue weighted by Gasteiger charge is 2.50. The molecule has 0 aliphatic carbocycles. The van der Waals surface area contributed by atoms with Gasteiger partial charge in [0.05, 0.1) is 13.1 Å². The second-order valence-electron chi connectivity index (χ2n) is 5.13. The number of carboxylic acid groups (broad SMARTS) is 1. The predicted molar refractivity (Wildman–Crippen MR) is 72.3 cm³/mol. The van der Waals surface area contributed by atoms with E-state index in [9.17, 15) is 14.7 Å². The molecule has 1 saturated heterocycles. The summed E-state index contributed by atoms with van der Waals surface area (Å²) in [5.41, 5.74) is -0.645. The van der Waals surface area contributed by atoms with Crippen molar-refractivity contribution in [2.75, 3.05) is 26.7 Å². The van der Waals surface area contributed by atoms with Gasteiger partial charge in [0.1, 0.15) is 0 Å². The molecule has 6 nitrogen and oxygen atoms in total. The lowest BCUT2D eigenvalue weighted by Crippen LogP contribution is -2.68. The minimum Gasteiger partial charge on any atom is -0.479 e. The Morgan fingerprint density at radius 1 is 1.30 bits per heavy atom. The third kappa shape index (κ3) is 2.91. The van der Waals surface area contributed by atoms with Crippen LogP contribution in [0.4, 0.5) is 4.79 Å². The Hall–Kier alpha value is -2.08. The molecule has 0 spiro atoms. The van der Waals surface area contributed by atoms with Gasteiger partial charge in [0.25, 0.3) is 0 Å². The zero-order chi connectivity index (χ0) is 14.8. The van der Waals surface area contributed by atoms with Crippen LogP contribution in [0.5, 0.6) is 0 Å². The van der Waals surface area contributed by atoms with Crippen LogP contribution in [0.3, 0.4) is 0 Å². The van der Waals surface area contributed by atoms with Gasteiger partial charge in [0.2, 0.25) is 0 Å². The molecule has 2 rings (SSSR count). The van der Waals surface area contributed by atoms with Gasteiger partial charge < -0.3 is 20.0 Å². The average molecular weight is 278 g/mol. The van der Waals surface area contributed by atoms with Crippen LogP contribution >= 0.6 is 0 Å². The van der Waals surface area contributed by atoms with Crippen molar-refractivity contribution in [3.8, 4) is 0 Å². The van der Waals surface area contributed by atoms with Crippen molar-refractivity contribution in [2.24, 2.45) is 0 Å². The summed E-state index contributed by atoms with van der Waals surface area (Å²) < 4.78 is 0. The quantitative estimate of drug-likeness (QED) is 0.836. The van der Waals surface area contributed by atoms with Crippen molar-refractivity contribution < 1.29 is 19.8 Å². The first kappa shape index (κ1) is 14.3. The topological polar surface area (TPSA) is 81.1 Å². The van der Waals surface area contributed by atoms with E-state index in [1.54, 1.807) is 7.05 Å². The van der Waals surface area contributed by atoms with Crippen LogP contribution in [0.15, 0.2) is 30.3 Å². The van der Waals surface area contributed by atoms with Crippen LogP contribution in [0.2, 0.25) is 0 Å². The standard InChI is InChI=1S/C14H18N2O4/c1-15(8-7-11-5-3-2-4-6-11)13(19)16-9-14(20,10-16)12(17)18/h2-6,20H,7-10H2,1H3,(H,17,18). The molecule has 1 aliphatic heterocycles. The predicted octanol–water partition coefficient (Wildman–Crippen LogP) is 0.412. The number of carbonyl (C=O) groups is 2. The molecule has 2 N–H and O–H groups in total. The molecule has 0 unspecified atom stereocenters. The third-order valence-electron chi connectivity index (χ3n) is 3.48. The van der Waals surface area contributed by atoms with E-state index in [2.05, 4.69) is 0 Å². The van der Waals surface area contributed by atoms with Crippen molar-refractivity contribution in [3.05, 3.63) is 35.9 Å². The number of aliphatic hydroxyl groups is 1. The Labute approximate surface area is 117 Å². The zero-order valence-corrected chi connectivity index (χ0v) is 11.3. The van der Waals surface area contributed by atoms with Crippen molar-refractivity contribution >= 4 is 12.0 Å². The highest BCUT2D eigenvalue weighted by Crippen LogP contribution is 2.22. The lowest BCUT2D eigenvalue weighted by atomic mass is 9.95. The number of β-amino-alcohol motifs (C(OH)–C–C–N with tert-alkyl or cyclic N) is 1. The normalized spacial score (nSPS) is 16.4. The Bertz CT molecular complexity index is 497. The first-order chi connectivity index (χ1) is 9.42. The molecule has 2 amide bonds. The lowest BCUT2D eigenvalue weighted by molar-refractivity contribution is -0.173. The van der Waals surface area contributed by atoms with Gasteiger partial charge in [-0.15, -0.1) is 0 Å². The highest BCUT2D eigenvalue weighted by molar-refractivity contribution is 5.84. The van der Waals surface area contributed by atoms with Crippen LogP contribution in [0.25, 0.3) is 0 Å². The maximum atomic E-state index is 12.0. The fraction of sp³-hybridized carbons (Fsp3) is 0.429. The first-order valence-corrected chi connectivity index (χ1v) is 6.42. The molecule has 6 heteroatoms. The SMILES string of the molecule is CN(CCc1ccccc1)C(=O)N1CC(O)(C(=O)O)C1. The molecule has 1 aromatic rings. The first-order valence-electron chi connectivity index (χ1n) is 6.42. The fourth-order valence-electron chi connectivity index (χ4n) is 2.13. The number of amides is 2. The lowest BCUT2D eigenvalue weighted by Gasteiger charge is -2.44. The second kappa shape index (κ2) is 5.50. The number of likely N-dealkylation sites (N-methyl/N-ethyl adjacent to an activating group) is 1. The van der Waals surface area contributed by atoms with Crippen LogP contribution in [0, 0.1) is 0 Å². The molecular weight excluding hydrogens is 260 g/mol. The number of benzene rings is 1. The Morgan fingerprint density at radius 2 is 1.90 bits per heavy atom. The Morgan fingerprint density at radius 3 is 2.45 bits per heavy atom. The van der Waals surface area contributed by atoms with Gasteiger partial charge in [0, 0.05) is 13.6 Å². The molecule has 0 aromatic heterocycles. The maximum Gasteiger partial charge on any atom is 0.339 e. The van der Waals surface area contributed by atoms with Crippen LogP contribution in [0.1, 0.15) is 5.56 Å². The molecule has 1 fully saturated rings. The van der Waals surface area contributed by atoms with Gasteiger partial charge >= 0.3 is 12.0 Å². The monoisotopic (exact) mass is 278 g/mol. The molecule has 0 atom stereocenters. The molecule has 1 aliphatic rings. The fourth-order valence-corrected chi connectivity index (χ4v) is 2.13. The van der Waals surface area contributed by atoms with Crippen LogP contribution < -0.4 is 0 Å². The molecule has 1 aromatic carbocycles. The van der Waals surface area contributed by atoms with E-state index in [0.717, 1.165) is 12.0 Å². The molecule has 108 valence electrons. The van der Waals surface area contributed by atoms with Crippen molar-refractivity contribution in [3.63, 3.8) is 0 Å². The summed E-state index contributed by atoms with van der Waals surface area (Å²) in [6, 6.07) is 9.55. The molecular formula is C14H18N2O4. The minimum absolute atomic E-state index is 0.156. The number of hydrogen-bond donors (Lipinski definition) is 2. The molecule has 20 heavy (non-hydrogen) atoms. The summed E-state index contributed by atoms with van der Waals surface area (Å²) in [7, 11) is 1.67. The van der Waals surface area contributed by atoms with Crippen LogP contribution in [-0.4, -0.2) is 64.3 Å². The zero-order valence-electron chi connectivity index (χ0n) is 11.3. The number of urea groups is 1. The van der Waals surface area contributed by atoms with Crippen molar-refractivity contribution in [1.82, 2.24) is 9.80 Å². The molecule has 0 saturated carbocycles. The molecule has 1 heterocycles. The largest absolute Gasteiger partial charge is 0.479 e. The second-order valence-corrected chi connectivity index (χ2v) is 5.13. The number of likely N-dealkylation sites (tertiary alicyclic amines) is 1. The van der Waals surface area contributed by atoms with Gasteiger partial charge in [-0.2, -0.15) is 0 Å². The third-order valence-corrected chi connectivity index (χ3v) is 3.48.